The van der Waals surface area contributed by atoms with Crippen LogP contribution >= 0.6 is 0 Å². The number of hydrogen-bond acceptors (Lipinski definition) is 3. The van der Waals surface area contributed by atoms with Crippen LogP contribution in [0, 0.1) is 0 Å². The lowest BCUT2D eigenvalue weighted by Crippen LogP contribution is -2.12. The van der Waals surface area contributed by atoms with Gasteiger partial charge in [0.15, 0.2) is 0 Å². The van der Waals surface area contributed by atoms with Gasteiger partial charge >= 0.3 is 0 Å². The Balaban J connectivity index is 1.20. The number of rotatable bonds is 6. The molecule has 10 aromatic rings. The van der Waals surface area contributed by atoms with Crippen LogP contribution in [0.3, 0.4) is 0 Å². The van der Waals surface area contributed by atoms with Gasteiger partial charge in [-0.05, 0) is 82.8 Å². The SMILES string of the molecule is CC(C)(C)c1ccc(-n2c(-c3ccccc3O)nc3c(-c4cccc(-c5nccc6c5c5ccccc5n6-c5ccccc5)c4)cccc32)c(-c2ccccc2)c1. The molecule has 274 valence electrons. The minimum Gasteiger partial charge on any atom is -0.507 e. The normalized spacial score (nSPS) is 11.8. The third kappa shape index (κ3) is 5.78. The van der Waals surface area contributed by atoms with Crippen molar-refractivity contribution in [2.45, 2.75) is 26.2 Å². The maximum atomic E-state index is 11.3. The Morgan fingerprint density at radius 1 is 0.509 bits per heavy atom. The van der Waals surface area contributed by atoms with Crippen molar-refractivity contribution in [2.75, 3.05) is 0 Å². The van der Waals surface area contributed by atoms with Gasteiger partial charge in [0, 0.05) is 39.3 Å². The van der Waals surface area contributed by atoms with Gasteiger partial charge in [0.1, 0.15) is 11.6 Å². The van der Waals surface area contributed by atoms with E-state index in [0.29, 0.717) is 11.4 Å². The fraction of sp³-hybridized carbons (Fsp3) is 0.0769. The summed E-state index contributed by atoms with van der Waals surface area (Å²) in [5.74, 6) is 0.853. The maximum absolute atomic E-state index is 11.3. The van der Waals surface area contributed by atoms with E-state index in [2.05, 4.69) is 182 Å². The van der Waals surface area contributed by atoms with Gasteiger partial charge in [-0.15, -0.1) is 0 Å². The number of phenols is 1. The number of imidazole rings is 1. The van der Waals surface area contributed by atoms with Gasteiger partial charge in [0.05, 0.1) is 39.0 Å². The number of fused-ring (bicyclic) bond motifs is 4. The van der Waals surface area contributed by atoms with Crippen LogP contribution in [0.5, 0.6) is 5.75 Å². The molecule has 0 bridgehead atoms. The van der Waals surface area contributed by atoms with Crippen LogP contribution in [0.1, 0.15) is 26.3 Å². The summed E-state index contributed by atoms with van der Waals surface area (Å²) in [6, 6.07) is 61.0. The number of pyridine rings is 1. The molecule has 0 amide bonds. The summed E-state index contributed by atoms with van der Waals surface area (Å²) in [7, 11) is 0. The molecule has 0 spiro atoms. The number of benzene rings is 7. The summed E-state index contributed by atoms with van der Waals surface area (Å²) in [6.45, 7) is 6.73. The number of aromatic nitrogens is 4. The van der Waals surface area contributed by atoms with E-state index in [-0.39, 0.29) is 11.2 Å². The standard InChI is InChI=1S/C52H40N4O/c1-52(2,3)37-28-29-44(42(33-37)34-16-6-4-7-17-34)56-46-26-15-24-39(50(46)54-51(56)41-23-11-13-27-47(41)57)35-18-14-19-36(32-35)49-48-40-22-10-12-25-43(40)55(45(48)30-31-53-49)38-20-8-5-9-21-38/h4-33,57H,1-3H3. The number of para-hydroxylation sites is 4. The van der Waals surface area contributed by atoms with Crippen LogP contribution in [-0.2, 0) is 5.41 Å². The van der Waals surface area contributed by atoms with Gasteiger partial charge < -0.3 is 9.67 Å². The third-order valence-corrected chi connectivity index (χ3v) is 11.1. The second-order valence-electron chi connectivity index (χ2n) is 15.6. The lowest BCUT2D eigenvalue weighted by molar-refractivity contribution is 0.477. The average molecular weight is 737 g/mol. The first-order valence-corrected chi connectivity index (χ1v) is 19.4. The van der Waals surface area contributed by atoms with Gasteiger partial charge in [0.25, 0.3) is 0 Å². The van der Waals surface area contributed by atoms with Crippen molar-refractivity contribution in [3.05, 3.63) is 188 Å². The van der Waals surface area contributed by atoms with Gasteiger partial charge in [-0.1, -0.05) is 136 Å². The lowest BCUT2D eigenvalue weighted by Gasteiger charge is -2.23. The predicted octanol–water partition coefficient (Wildman–Crippen LogP) is 13.2. The molecule has 7 aromatic carbocycles. The molecule has 0 atom stereocenters. The molecule has 0 aliphatic heterocycles. The molecule has 57 heavy (non-hydrogen) atoms. The first kappa shape index (κ1) is 34.3. The summed E-state index contributed by atoms with van der Waals surface area (Å²) in [6.07, 6.45) is 1.92. The zero-order valence-corrected chi connectivity index (χ0v) is 32.1. The summed E-state index contributed by atoms with van der Waals surface area (Å²) >= 11 is 0. The van der Waals surface area contributed by atoms with Crippen molar-refractivity contribution < 1.29 is 5.11 Å². The largest absolute Gasteiger partial charge is 0.507 e. The Morgan fingerprint density at radius 2 is 1.18 bits per heavy atom. The highest BCUT2D eigenvalue weighted by Gasteiger charge is 2.24. The first-order valence-electron chi connectivity index (χ1n) is 19.4. The second-order valence-corrected chi connectivity index (χ2v) is 15.6. The van der Waals surface area contributed by atoms with E-state index in [1.165, 1.54) is 5.56 Å². The van der Waals surface area contributed by atoms with Crippen LogP contribution in [-0.4, -0.2) is 24.2 Å². The van der Waals surface area contributed by atoms with Crippen molar-refractivity contribution in [2.24, 2.45) is 0 Å². The topological polar surface area (TPSA) is 55.9 Å². The Hall–Kier alpha value is -7.24. The molecule has 0 fully saturated rings. The minimum atomic E-state index is -0.0482. The molecule has 1 N–H and O–H groups in total. The lowest BCUT2D eigenvalue weighted by atomic mass is 9.85. The van der Waals surface area contributed by atoms with Gasteiger partial charge in [-0.2, -0.15) is 0 Å². The van der Waals surface area contributed by atoms with Crippen LogP contribution < -0.4 is 0 Å². The maximum Gasteiger partial charge on any atom is 0.149 e. The molecule has 5 heteroatoms. The van der Waals surface area contributed by atoms with Crippen molar-refractivity contribution in [1.82, 2.24) is 19.1 Å². The van der Waals surface area contributed by atoms with E-state index in [9.17, 15) is 5.11 Å². The van der Waals surface area contributed by atoms with E-state index < -0.39 is 0 Å². The second kappa shape index (κ2) is 13.5. The van der Waals surface area contributed by atoms with E-state index in [1.807, 2.05) is 24.4 Å². The molecule has 0 unspecified atom stereocenters. The predicted molar refractivity (Wildman–Crippen MR) is 235 cm³/mol. The number of hydrogen-bond donors (Lipinski definition) is 1. The Bertz CT molecular complexity index is 3110. The van der Waals surface area contributed by atoms with E-state index in [0.717, 1.165) is 77.7 Å². The van der Waals surface area contributed by atoms with Crippen LogP contribution in [0.15, 0.2) is 182 Å². The van der Waals surface area contributed by atoms with Crippen LogP contribution in [0.4, 0.5) is 0 Å². The van der Waals surface area contributed by atoms with E-state index >= 15 is 0 Å². The Labute approximate surface area is 331 Å². The smallest absolute Gasteiger partial charge is 0.149 e. The van der Waals surface area contributed by atoms with E-state index in [4.69, 9.17) is 9.97 Å². The monoisotopic (exact) mass is 736 g/mol. The molecule has 0 radical (unpaired) electrons. The highest BCUT2D eigenvalue weighted by molar-refractivity contribution is 6.15. The van der Waals surface area contributed by atoms with Crippen molar-refractivity contribution >= 4 is 32.8 Å². The molecule has 3 heterocycles. The Kier molecular flexibility index (Phi) is 8.12. The van der Waals surface area contributed by atoms with Crippen LogP contribution in [0.2, 0.25) is 0 Å². The number of phenolic OH excluding ortho intramolecular Hbond substituents is 1. The molecule has 3 aromatic heterocycles. The van der Waals surface area contributed by atoms with Crippen molar-refractivity contribution in [3.8, 4) is 62.0 Å². The molecule has 0 saturated heterocycles. The first-order chi connectivity index (χ1) is 27.8. The summed E-state index contributed by atoms with van der Waals surface area (Å²) in [5.41, 5.74) is 14.2. The quantitative estimate of drug-likeness (QED) is 0.185. The van der Waals surface area contributed by atoms with Crippen LogP contribution in [0.25, 0.3) is 89.1 Å². The fourth-order valence-electron chi connectivity index (χ4n) is 8.29. The van der Waals surface area contributed by atoms with Gasteiger partial charge in [-0.25, -0.2) is 4.98 Å². The summed E-state index contributed by atoms with van der Waals surface area (Å²) in [5, 5.41) is 13.6. The Morgan fingerprint density at radius 3 is 1.98 bits per heavy atom. The molecule has 0 aliphatic rings. The molecule has 10 rings (SSSR count). The summed E-state index contributed by atoms with van der Waals surface area (Å²) in [4.78, 5) is 10.5. The fourth-order valence-corrected chi connectivity index (χ4v) is 8.29. The highest BCUT2D eigenvalue weighted by Crippen LogP contribution is 2.42. The molecular weight excluding hydrogens is 697 g/mol. The molecule has 0 saturated carbocycles. The molecule has 0 aliphatic carbocycles. The number of nitrogens with zero attached hydrogens (tertiary/aromatic N) is 4. The minimum absolute atomic E-state index is 0.0482. The third-order valence-electron chi connectivity index (χ3n) is 11.1. The zero-order valence-electron chi connectivity index (χ0n) is 32.1. The van der Waals surface area contributed by atoms with E-state index in [1.54, 1.807) is 6.07 Å². The average Bonchev–Trinajstić information content (AvgIpc) is 3.80. The highest BCUT2D eigenvalue weighted by atomic mass is 16.3. The molecular formula is C52H40N4O. The number of aromatic hydroxyl groups is 1. The van der Waals surface area contributed by atoms with Crippen molar-refractivity contribution in [1.29, 1.82) is 0 Å². The molecule has 5 nitrogen and oxygen atoms in total. The van der Waals surface area contributed by atoms with Gasteiger partial charge in [-0.3, -0.25) is 9.55 Å². The zero-order chi connectivity index (χ0) is 38.7. The van der Waals surface area contributed by atoms with Crippen molar-refractivity contribution in [3.63, 3.8) is 0 Å². The summed E-state index contributed by atoms with van der Waals surface area (Å²) < 4.78 is 4.54. The van der Waals surface area contributed by atoms with Gasteiger partial charge in [0.2, 0.25) is 0 Å².